The lowest BCUT2D eigenvalue weighted by Gasteiger charge is -2.27. The van der Waals surface area contributed by atoms with Crippen molar-refractivity contribution in [3.8, 4) is 0 Å². The lowest BCUT2D eigenvalue weighted by Crippen LogP contribution is -2.46. The third-order valence-corrected chi connectivity index (χ3v) is 5.40. The Morgan fingerprint density at radius 1 is 1.23 bits per heavy atom. The van der Waals surface area contributed by atoms with Crippen molar-refractivity contribution in [1.29, 1.82) is 0 Å². The smallest absolute Gasteiger partial charge is 0.416 e. The number of thioether (sulfide) groups is 1. The fourth-order valence-electron chi connectivity index (χ4n) is 2.42. The van der Waals surface area contributed by atoms with Crippen molar-refractivity contribution >= 4 is 23.8 Å². The number of cyclic esters (lactones) is 1. The van der Waals surface area contributed by atoms with Gasteiger partial charge in [0.05, 0.1) is 6.04 Å². The number of carbonyl (C=O) groups excluding carboxylic acids is 2. The Labute approximate surface area is 136 Å². The van der Waals surface area contributed by atoms with Crippen LogP contribution in [0.3, 0.4) is 0 Å². The molecule has 2 rings (SSSR count). The number of ether oxygens (including phenoxy) is 1. The lowest BCUT2D eigenvalue weighted by atomic mass is 10.0. The molecule has 1 heterocycles. The highest BCUT2D eigenvalue weighted by Crippen LogP contribution is 2.30. The van der Waals surface area contributed by atoms with Gasteiger partial charge in [0.15, 0.2) is 0 Å². The highest BCUT2D eigenvalue weighted by Gasteiger charge is 2.42. The van der Waals surface area contributed by atoms with Crippen LogP contribution in [0, 0.1) is 11.8 Å². The largest absolute Gasteiger partial charge is 0.447 e. The number of rotatable bonds is 5. The second-order valence-electron chi connectivity index (χ2n) is 6.02. The van der Waals surface area contributed by atoms with E-state index in [0.717, 1.165) is 4.90 Å². The van der Waals surface area contributed by atoms with Gasteiger partial charge in [0, 0.05) is 16.1 Å². The van der Waals surface area contributed by atoms with Gasteiger partial charge in [-0.3, -0.25) is 4.79 Å². The van der Waals surface area contributed by atoms with Crippen molar-refractivity contribution in [2.75, 3.05) is 6.61 Å². The second-order valence-corrected chi connectivity index (χ2v) is 7.47. The molecule has 1 aromatic carbocycles. The third kappa shape index (κ3) is 3.64. The summed E-state index contributed by atoms with van der Waals surface area (Å²) in [4.78, 5) is 27.0. The molecule has 0 radical (unpaired) electrons. The molecule has 3 atom stereocenters. The van der Waals surface area contributed by atoms with Crippen LogP contribution in [-0.4, -0.2) is 34.8 Å². The van der Waals surface area contributed by atoms with Crippen molar-refractivity contribution in [1.82, 2.24) is 4.90 Å². The Morgan fingerprint density at radius 2 is 1.86 bits per heavy atom. The van der Waals surface area contributed by atoms with Crippen LogP contribution in [0.5, 0.6) is 0 Å². The Balaban J connectivity index is 2.06. The molecule has 4 nitrogen and oxygen atoms in total. The van der Waals surface area contributed by atoms with Gasteiger partial charge < -0.3 is 4.74 Å². The van der Waals surface area contributed by atoms with Gasteiger partial charge in [-0.2, -0.15) is 0 Å². The van der Waals surface area contributed by atoms with Gasteiger partial charge in [-0.05, 0) is 18.1 Å². The van der Waals surface area contributed by atoms with Crippen LogP contribution in [0.4, 0.5) is 4.79 Å². The first-order valence-electron chi connectivity index (χ1n) is 7.63. The van der Waals surface area contributed by atoms with E-state index < -0.39 is 6.09 Å². The Hall–Kier alpha value is -1.49. The first-order valence-corrected chi connectivity index (χ1v) is 8.51. The van der Waals surface area contributed by atoms with Gasteiger partial charge in [0.2, 0.25) is 5.91 Å². The number of hydrogen-bond acceptors (Lipinski definition) is 4. The van der Waals surface area contributed by atoms with Gasteiger partial charge in [-0.1, -0.05) is 45.9 Å². The van der Waals surface area contributed by atoms with Gasteiger partial charge in [-0.15, -0.1) is 11.8 Å². The Kier molecular flexibility index (Phi) is 5.51. The molecule has 2 amide bonds. The van der Waals surface area contributed by atoms with Gasteiger partial charge in [0.25, 0.3) is 0 Å². The van der Waals surface area contributed by atoms with Crippen LogP contribution in [0.25, 0.3) is 0 Å². The highest BCUT2D eigenvalue weighted by atomic mass is 32.2. The van der Waals surface area contributed by atoms with Crippen LogP contribution in [-0.2, 0) is 9.53 Å². The molecular formula is C17H23NO3S. The highest BCUT2D eigenvalue weighted by molar-refractivity contribution is 8.00. The summed E-state index contributed by atoms with van der Waals surface area (Å²) in [6.45, 7) is 8.20. The molecule has 0 saturated carbocycles. The molecule has 1 aliphatic heterocycles. The number of benzene rings is 1. The maximum atomic E-state index is 12.7. The average molecular weight is 321 g/mol. The van der Waals surface area contributed by atoms with E-state index in [2.05, 4.69) is 0 Å². The van der Waals surface area contributed by atoms with Crippen molar-refractivity contribution < 1.29 is 14.3 Å². The molecule has 1 saturated heterocycles. The zero-order valence-corrected chi connectivity index (χ0v) is 14.3. The number of amides is 2. The van der Waals surface area contributed by atoms with Crippen molar-refractivity contribution in [3.05, 3.63) is 30.3 Å². The number of hydrogen-bond donors (Lipinski definition) is 0. The normalized spacial score (nSPS) is 20.9. The van der Waals surface area contributed by atoms with Gasteiger partial charge in [0.1, 0.15) is 6.61 Å². The van der Waals surface area contributed by atoms with Gasteiger partial charge >= 0.3 is 6.09 Å². The summed E-state index contributed by atoms with van der Waals surface area (Å²) in [5.74, 6) is -0.200. The fourth-order valence-corrected chi connectivity index (χ4v) is 3.48. The predicted octanol–water partition coefficient (Wildman–Crippen LogP) is 3.81. The van der Waals surface area contributed by atoms with Crippen LogP contribution in [0.2, 0.25) is 0 Å². The molecule has 22 heavy (non-hydrogen) atoms. The number of carbonyl (C=O) groups is 2. The maximum Gasteiger partial charge on any atom is 0.416 e. The molecular weight excluding hydrogens is 298 g/mol. The van der Waals surface area contributed by atoms with E-state index in [0.29, 0.717) is 6.61 Å². The molecule has 0 spiro atoms. The minimum absolute atomic E-state index is 0.0797. The topological polar surface area (TPSA) is 46.6 Å². The molecule has 1 aromatic rings. The van der Waals surface area contributed by atoms with Crippen LogP contribution < -0.4 is 0 Å². The van der Waals surface area contributed by atoms with E-state index in [9.17, 15) is 9.59 Å². The molecule has 0 aromatic heterocycles. The van der Waals surface area contributed by atoms with Gasteiger partial charge in [-0.25, -0.2) is 9.69 Å². The van der Waals surface area contributed by atoms with Crippen LogP contribution >= 0.6 is 11.8 Å². The molecule has 1 fully saturated rings. The minimum Gasteiger partial charge on any atom is -0.447 e. The zero-order chi connectivity index (χ0) is 16.3. The van der Waals surface area contributed by atoms with E-state index in [1.54, 1.807) is 11.8 Å². The van der Waals surface area contributed by atoms with E-state index in [4.69, 9.17) is 4.74 Å². The van der Waals surface area contributed by atoms with Crippen molar-refractivity contribution in [3.63, 3.8) is 0 Å². The molecule has 0 aliphatic carbocycles. The molecule has 120 valence electrons. The van der Waals surface area contributed by atoms with Crippen LogP contribution in [0.1, 0.15) is 27.7 Å². The number of imide groups is 1. The summed E-state index contributed by atoms with van der Waals surface area (Å²) >= 11 is 1.65. The number of nitrogens with zero attached hydrogens (tertiary/aromatic N) is 1. The van der Waals surface area contributed by atoms with Crippen molar-refractivity contribution in [2.24, 2.45) is 11.8 Å². The Bertz CT molecular complexity index is 532. The monoisotopic (exact) mass is 321 g/mol. The molecule has 0 N–H and O–H groups in total. The molecule has 5 heteroatoms. The fraction of sp³-hybridized carbons (Fsp3) is 0.529. The minimum atomic E-state index is -0.507. The predicted molar refractivity (Wildman–Crippen MR) is 87.7 cm³/mol. The molecule has 1 aliphatic rings. The summed E-state index contributed by atoms with van der Waals surface area (Å²) < 4.78 is 5.07. The summed E-state index contributed by atoms with van der Waals surface area (Å²) in [7, 11) is 0. The lowest BCUT2D eigenvalue weighted by molar-refractivity contribution is -0.133. The van der Waals surface area contributed by atoms with Crippen LogP contribution in [0.15, 0.2) is 35.2 Å². The van der Waals surface area contributed by atoms with E-state index in [-0.39, 0.29) is 29.0 Å². The quantitative estimate of drug-likeness (QED) is 0.774. The second kappa shape index (κ2) is 7.18. The molecule has 0 unspecified atom stereocenters. The Morgan fingerprint density at radius 3 is 2.45 bits per heavy atom. The first-order chi connectivity index (χ1) is 10.4. The summed E-state index contributed by atoms with van der Waals surface area (Å²) in [6.07, 6.45) is -0.507. The third-order valence-electron chi connectivity index (χ3n) is 4.07. The first kappa shape index (κ1) is 16.9. The summed E-state index contributed by atoms with van der Waals surface area (Å²) in [6, 6.07) is 9.83. The van der Waals surface area contributed by atoms with E-state index in [1.165, 1.54) is 4.90 Å². The standard InChI is InChI=1S/C17H23NO3S/c1-11(2)15-10-21-17(20)18(15)16(19)12(3)13(4)22-14-8-6-5-7-9-14/h5-9,11-13,15H,10H2,1-4H3/t12-,13+,15+/m0/s1. The summed E-state index contributed by atoms with van der Waals surface area (Å²) in [5, 5.41) is 0.0797. The van der Waals surface area contributed by atoms with E-state index in [1.807, 2.05) is 58.0 Å². The average Bonchev–Trinajstić information content (AvgIpc) is 2.88. The van der Waals surface area contributed by atoms with E-state index >= 15 is 0 Å². The zero-order valence-electron chi connectivity index (χ0n) is 13.5. The van der Waals surface area contributed by atoms with Crippen molar-refractivity contribution in [2.45, 2.75) is 43.9 Å². The SMILES string of the molecule is CC(C)[C@H]1COC(=O)N1C(=O)[C@@H](C)[C@@H](C)Sc1ccccc1. The summed E-state index contributed by atoms with van der Waals surface area (Å²) in [5.41, 5.74) is 0. The molecule has 0 bridgehead atoms. The maximum absolute atomic E-state index is 12.7.